The number of hydrogen-bond acceptors (Lipinski definition) is 1. The van der Waals surface area contributed by atoms with E-state index in [0.29, 0.717) is 0 Å². The molecule has 0 N–H and O–H groups in total. The van der Waals surface area contributed by atoms with Crippen LogP contribution in [0.2, 0.25) is 0 Å². The summed E-state index contributed by atoms with van der Waals surface area (Å²) in [5.74, 6) is 1.16. The van der Waals surface area contributed by atoms with Crippen molar-refractivity contribution < 1.29 is 4.48 Å². The van der Waals surface area contributed by atoms with Crippen LogP contribution in [-0.4, -0.2) is 57.1 Å². The van der Waals surface area contributed by atoms with E-state index in [0.717, 1.165) is 17.0 Å². The molecule has 0 aromatic heterocycles. The highest BCUT2D eigenvalue weighted by Gasteiger charge is 2.21. The summed E-state index contributed by atoms with van der Waals surface area (Å²) in [5, 5.41) is 0. The molecule has 0 amide bonds. The molecule has 0 bridgehead atoms. The molecule has 0 atom stereocenters. The molecule has 0 aliphatic carbocycles. The Hall–Kier alpha value is -0.570. The fraction of sp³-hybridized carbons (Fsp3) is 0.941. The standard InChI is InChI=1S/C17H38N3/c1-7-8-9-10-11-12-13-14-15-16-19(3)17(18-2)20(4,5)6/h7-16H2,1-6H3/q+1/b18-17+. The molecule has 120 valence electrons. The van der Waals surface area contributed by atoms with Crippen LogP contribution in [0.4, 0.5) is 0 Å². The van der Waals surface area contributed by atoms with Gasteiger partial charge in [0, 0.05) is 20.6 Å². The fourth-order valence-electron chi connectivity index (χ4n) is 2.74. The maximum Gasteiger partial charge on any atom is 0.299 e. The minimum absolute atomic E-state index is 0.796. The number of nitrogens with zero attached hydrogens (tertiary/aromatic N) is 3. The Morgan fingerprint density at radius 1 is 0.850 bits per heavy atom. The highest BCUT2D eigenvalue weighted by molar-refractivity contribution is 5.72. The van der Waals surface area contributed by atoms with Crippen LogP contribution in [0, 0.1) is 0 Å². The molecule has 0 aromatic rings. The van der Waals surface area contributed by atoms with E-state index in [1.165, 1.54) is 57.8 Å². The third kappa shape index (κ3) is 9.35. The van der Waals surface area contributed by atoms with Crippen LogP contribution in [-0.2, 0) is 0 Å². The first-order valence-electron chi connectivity index (χ1n) is 8.43. The molecule has 0 fully saturated rings. The molecule has 0 aliphatic rings. The highest BCUT2D eigenvalue weighted by Crippen LogP contribution is 2.10. The normalized spacial score (nSPS) is 12.8. The van der Waals surface area contributed by atoms with E-state index in [2.05, 4.69) is 45.0 Å². The molecule has 0 aromatic carbocycles. The molecule has 0 rings (SSSR count). The van der Waals surface area contributed by atoms with Crippen molar-refractivity contribution in [1.82, 2.24) is 4.90 Å². The van der Waals surface area contributed by atoms with Crippen LogP contribution < -0.4 is 0 Å². The molecular formula is C17H38N3+. The SMILES string of the molecule is CCCCCCCCCCCN(C)/C(=N\C)[N+](C)(C)C. The van der Waals surface area contributed by atoms with Crippen LogP contribution in [0.3, 0.4) is 0 Å². The Kier molecular flexibility index (Phi) is 10.8. The van der Waals surface area contributed by atoms with Gasteiger partial charge < -0.3 is 4.90 Å². The van der Waals surface area contributed by atoms with Gasteiger partial charge in [-0.3, -0.25) is 4.48 Å². The Balaban J connectivity index is 3.60. The summed E-state index contributed by atoms with van der Waals surface area (Å²) in [6, 6.07) is 0. The van der Waals surface area contributed by atoms with Crippen molar-refractivity contribution in [3.8, 4) is 0 Å². The Labute approximate surface area is 127 Å². The summed E-state index contributed by atoms with van der Waals surface area (Å²) in [5.41, 5.74) is 0. The predicted octanol–water partition coefficient (Wildman–Crippen LogP) is 4.14. The minimum Gasteiger partial charge on any atom is -0.314 e. The second-order valence-corrected chi connectivity index (χ2v) is 6.79. The topological polar surface area (TPSA) is 15.6 Å². The first kappa shape index (κ1) is 19.4. The first-order chi connectivity index (χ1) is 9.43. The van der Waals surface area contributed by atoms with Crippen molar-refractivity contribution in [3.63, 3.8) is 0 Å². The number of hydrogen-bond donors (Lipinski definition) is 0. The molecule has 0 unspecified atom stereocenters. The summed E-state index contributed by atoms with van der Waals surface area (Å²) < 4.78 is 0.796. The van der Waals surface area contributed by atoms with Crippen molar-refractivity contribution in [2.45, 2.75) is 64.7 Å². The molecule has 0 aliphatic heterocycles. The first-order valence-corrected chi connectivity index (χ1v) is 8.43. The van der Waals surface area contributed by atoms with Gasteiger partial charge in [-0.25, -0.2) is 4.99 Å². The van der Waals surface area contributed by atoms with E-state index in [1.54, 1.807) is 0 Å². The van der Waals surface area contributed by atoms with Crippen LogP contribution in [0.15, 0.2) is 4.99 Å². The van der Waals surface area contributed by atoms with E-state index >= 15 is 0 Å². The summed E-state index contributed by atoms with van der Waals surface area (Å²) in [6.07, 6.45) is 12.5. The largest absolute Gasteiger partial charge is 0.314 e. The van der Waals surface area contributed by atoms with Gasteiger partial charge in [0.1, 0.15) is 0 Å². The van der Waals surface area contributed by atoms with Crippen molar-refractivity contribution in [2.24, 2.45) is 4.99 Å². The van der Waals surface area contributed by atoms with Gasteiger partial charge in [-0.1, -0.05) is 58.3 Å². The van der Waals surface area contributed by atoms with Crippen molar-refractivity contribution in [3.05, 3.63) is 0 Å². The zero-order valence-electron chi connectivity index (χ0n) is 14.9. The molecular weight excluding hydrogens is 246 g/mol. The number of unbranched alkanes of at least 4 members (excludes halogenated alkanes) is 8. The smallest absolute Gasteiger partial charge is 0.299 e. The second kappa shape index (κ2) is 11.1. The zero-order chi connectivity index (χ0) is 15.4. The molecule has 0 heterocycles. The van der Waals surface area contributed by atoms with Gasteiger partial charge in [0.25, 0.3) is 5.96 Å². The van der Waals surface area contributed by atoms with Gasteiger partial charge in [0.2, 0.25) is 0 Å². The lowest BCUT2D eigenvalue weighted by molar-refractivity contribution is -0.782. The zero-order valence-corrected chi connectivity index (χ0v) is 14.9. The van der Waals surface area contributed by atoms with Crippen LogP contribution in [0.25, 0.3) is 0 Å². The summed E-state index contributed by atoms with van der Waals surface area (Å²) in [6.45, 7) is 3.40. The molecule has 0 radical (unpaired) electrons. The van der Waals surface area contributed by atoms with E-state index in [4.69, 9.17) is 0 Å². The van der Waals surface area contributed by atoms with Crippen molar-refractivity contribution >= 4 is 5.96 Å². The van der Waals surface area contributed by atoms with Crippen molar-refractivity contribution in [1.29, 1.82) is 0 Å². The number of quaternary nitrogens is 1. The predicted molar refractivity (Wildman–Crippen MR) is 91.2 cm³/mol. The van der Waals surface area contributed by atoms with Gasteiger partial charge in [-0.2, -0.15) is 0 Å². The third-order valence-corrected chi connectivity index (χ3v) is 3.74. The second-order valence-electron chi connectivity index (χ2n) is 6.79. The van der Waals surface area contributed by atoms with Gasteiger partial charge in [-0.05, 0) is 6.42 Å². The van der Waals surface area contributed by atoms with Crippen LogP contribution in [0.1, 0.15) is 64.7 Å². The molecule has 3 heteroatoms. The minimum atomic E-state index is 0.796. The number of aliphatic imine (C=N–C) groups is 1. The van der Waals surface area contributed by atoms with E-state index in [9.17, 15) is 0 Å². The quantitative estimate of drug-likeness (QED) is 0.255. The van der Waals surface area contributed by atoms with Crippen molar-refractivity contribution in [2.75, 3.05) is 41.8 Å². The average molecular weight is 285 g/mol. The summed E-state index contributed by atoms with van der Waals surface area (Å²) in [7, 11) is 10.6. The van der Waals surface area contributed by atoms with E-state index in [1.807, 2.05) is 7.05 Å². The van der Waals surface area contributed by atoms with Crippen LogP contribution in [0.5, 0.6) is 0 Å². The molecule has 0 saturated carbocycles. The van der Waals surface area contributed by atoms with E-state index in [-0.39, 0.29) is 0 Å². The van der Waals surface area contributed by atoms with Gasteiger partial charge in [0.05, 0.1) is 21.1 Å². The average Bonchev–Trinajstić information content (AvgIpc) is 2.36. The lowest BCUT2D eigenvalue weighted by Gasteiger charge is -2.30. The summed E-state index contributed by atoms with van der Waals surface area (Å²) in [4.78, 5) is 6.74. The summed E-state index contributed by atoms with van der Waals surface area (Å²) >= 11 is 0. The molecule has 3 nitrogen and oxygen atoms in total. The Morgan fingerprint density at radius 2 is 1.30 bits per heavy atom. The Bertz CT molecular complexity index is 253. The molecule has 0 saturated heterocycles. The maximum absolute atomic E-state index is 4.43. The molecule has 0 spiro atoms. The fourth-order valence-corrected chi connectivity index (χ4v) is 2.74. The lowest BCUT2D eigenvalue weighted by atomic mass is 10.1. The number of guanidine groups is 1. The highest BCUT2D eigenvalue weighted by atomic mass is 15.4. The molecule has 20 heavy (non-hydrogen) atoms. The van der Waals surface area contributed by atoms with Gasteiger partial charge in [0.15, 0.2) is 0 Å². The third-order valence-electron chi connectivity index (χ3n) is 3.74. The number of rotatable bonds is 10. The van der Waals surface area contributed by atoms with E-state index < -0.39 is 0 Å². The monoisotopic (exact) mass is 284 g/mol. The van der Waals surface area contributed by atoms with Crippen LogP contribution >= 0.6 is 0 Å². The Morgan fingerprint density at radius 3 is 1.70 bits per heavy atom. The van der Waals surface area contributed by atoms with Gasteiger partial charge >= 0.3 is 0 Å². The maximum atomic E-state index is 4.43. The lowest BCUT2D eigenvalue weighted by Crippen LogP contribution is -2.50. The van der Waals surface area contributed by atoms with Gasteiger partial charge in [-0.15, -0.1) is 0 Å².